The summed E-state index contributed by atoms with van der Waals surface area (Å²) in [5.74, 6) is -0.531. The highest BCUT2D eigenvalue weighted by molar-refractivity contribution is 6.03. The number of aryl methyl sites for hydroxylation is 1. The molecule has 0 unspecified atom stereocenters. The third kappa shape index (κ3) is 1.54. The Morgan fingerprint density at radius 2 is 2.29 bits per heavy atom. The molecule has 2 rings (SSSR count). The van der Waals surface area contributed by atoms with Gasteiger partial charge in [-0.25, -0.2) is 0 Å². The molecule has 0 aliphatic heterocycles. The summed E-state index contributed by atoms with van der Waals surface area (Å²) in [4.78, 5) is 15.0. The number of amides is 1. The van der Waals surface area contributed by atoms with Crippen molar-refractivity contribution in [2.24, 2.45) is 5.73 Å². The molecular weight excluding hydrogens is 204 g/mol. The molecule has 0 spiro atoms. The topological polar surface area (TPSA) is 84.7 Å². The molecule has 0 atom stereocenters. The maximum absolute atomic E-state index is 10.9. The molecule has 0 saturated heterocycles. The van der Waals surface area contributed by atoms with E-state index in [4.69, 9.17) is 5.73 Å². The van der Waals surface area contributed by atoms with Gasteiger partial charge in [0.05, 0.1) is 11.7 Å². The molecule has 74 valence electrons. The van der Waals surface area contributed by atoms with Crippen LogP contribution < -0.4 is 5.73 Å². The highest BCUT2D eigenvalue weighted by Gasteiger charge is 2.10. The molecule has 0 aliphatic rings. The number of hydrogen-bond acceptors (Lipinski definition) is 3. The molecule has 0 saturated carbocycles. The Morgan fingerprint density at radius 1 is 1.57 bits per heavy atom. The van der Waals surface area contributed by atoms with Crippen molar-refractivity contribution in [3.63, 3.8) is 0 Å². The van der Waals surface area contributed by atoms with Gasteiger partial charge < -0.3 is 5.73 Å². The molecule has 0 fully saturated rings. The molecule has 3 N–H and O–H groups in total. The number of H-pyrrole nitrogens is 1. The lowest BCUT2D eigenvalue weighted by Crippen LogP contribution is -2.11. The first-order chi connectivity index (χ1) is 6.18. The fourth-order valence-electron chi connectivity index (χ4n) is 1.21. The quantitative estimate of drug-likeness (QED) is 0.733. The second kappa shape index (κ2) is 3.63. The number of carbonyl (C=O) groups is 1. The summed E-state index contributed by atoms with van der Waals surface area (Å²) in [6, 6.07) is 1.78. The number of nitrogens with zero attached hydrogens (tertiary/aromatic N) is 2. The number of fused-ring (bicyclic) bond motifs is 1. The van der Waals surface area contributed by atoms with Crippen LogP contribution in [0.2, 0.25) is 0 Å². The van der Waals surface area contributed by atoms with Crippen molar-refractivity contribution >= 4 is 29.2 Å². The number of pyridine rings is 1. The maximum Gasteiger partial charge on any atom is 0.269 e. The standard InChI is InChI=1S/C8H8N4O.ClH/c1-4-2-5-6(3-10-4)11-12-7(5)8(9)13;/h2-3H,1H3,(H2,9,13)(H,11,12);1H. The third-order valence-electron chi connectivity index (χ3n) is 1.82. The molecule has 6 heteroatoms. The van der Waals surface area contributed by atoms with E-state index >= 15 is 0 Å². The van der Waals surface area contributed by atoms with Crippen LogP contribution in [-0.4, -0.2) is 21.1 Å². The number of aromatic amines is 1. The van der Waals surface area contributed by atoms with Crippen molar-refractivity contribution in [3.05, 3.63) is 23.7 Å². The molecule has 2 aromatic rings. The predicted octanol–water partition coefficient (Wildman–Crippen LogP) is 0.787. The Morgan fingerprint density at radius 3 is 2.93 bits per heavy atom. The van der Waals surface area contributed by atoms with Gasteiger partial charge in [0.15, 0.2) is 5.69 Å². The fraction of sp³-hybridized carbons (Fsp3) is 0.125. The van der Waals surface area contributed by atoms with Crippen molar-refractivity contribution in [2.45, 2.75) is 6.92 Å². The first-order valence-corrected chi connectivity index (χ1v) is 3.79. The van der Waals surface area contributed by atoms with Crippen LogP contribution in [-0.2, 0) is 0 Å². The van der Waals surface area contributed by atoms with Crippen LogP contribution in [0.1, 0.15) is 16.2 Å². The minimum absolute atomic E-state index is 0. The minimum Gasteiger partial charge on any atom is -0.364 e. The lowest BCUT2D eigenvalue weighted by atomic mass is 10.2. The SMILES string of the molecule is Cc1cc2c(C(N)=O)n[nH]c2cn1.Cl. The molecule has 2 aromatic heterocycles. The smallest absolute Gasteiger partial charge is 0.269 e. The van der Waals surface area contributed by atoms with Crippen LogP contribution in [0, 0.1) is 6.92 Å². The van der Waals surface area contributed by atoms with Crippen molar-refractivity contribution in [1.82, 2.24) is 15.2 Å². The molecule has 14 heavy (non-hydrogen) atoms. The molecule has 5 nitrogen and oxygen atoms in total. The van der Waals surface area contributed by atoms with E-state index in [0.29, 0.717) is 0 Å². The van der Waals surface area contributed by atoms with Gasteiger partial charge in [-0.1, -0.05) is 0 Å². The van der Waals surface area contributed by atoms with Crippen molar-refractivity contribution in [3.8, 4) is 0 Å². The highest BCUT2D eigenvalue weighted by Crippen LogP contribution is 2.14. The molecule has 2 heterocycles. The van der Waals surface area contributed by atoms with E-state index in [1.54, 1.807) is 12.3 Å². The average Bonchev–Trinajstić information content (AvgIpc) is 2.46. The summed E-state index contributed by atoms with van der Waals surface area (Å²) in [5, 5.41) is 7.20. The maximum atomic E-state index is 10.9. The number of halogens is 1. The first kappa shape index (κ1) is 10.5. The van der Waals surface area contributed by atoms with Gasteiger partial charge in [-0.15, -0.1) is 12.4 Å². The lowest BCUT2D eigenvalue weighted by molar-refractivity contribution is 0.0997. The second-order valence-electron chi connectivity index (χ2n) is 2.81. The average molecular weight is 213 g/mol. The summed E-state index contributed by atoms with van der Waals surface area (Å²) in [6.45, 7) is 1.84. The Labute approximate surface area is 86.1 Å². The van der Waals surface area contributed by atoms with E-state index in [2.05, 4.69) is 15.2 Å². The zero-order valence-electron chi connectivity index (χ0n) is 7.44. The molecular formula is C8H9ClN4O. The number of nitrogens with two attached hydrogens (primary N) is 1. The monoisotopic (exact) mass is 212 g/mol. The third-order valence-corrected chi connectivity index (χ3v) is 1.82. The van der Waals surface area contributed by atoms with E-state index < -0.39 is 5.91 Å². The van der Waals surface area contributed by atoms with Crippen LogP contribution >= 0.6 is 12.4 Å². The van der Waals surface area contributed by atoms with Gasteiger partial charge in [0, 0.05) is 11.1 Å². The largest absolute Gasteiger partial charge is 0.364 e. The predicted molar refractivity (Wildman–Crippen MR) is 54.4 cm³/mol. The Kier molecular flexibility index (Phi) is 2.71. The van der Waals surface area contributed by atoms with Gasteiger partial charge in [0.25, 0.3) is 5.91 Å². The summed E-state index contributed by atoms with van der Waals surface area (Å²) in [5.41, 5.74) is 6.95. The van der Waals surface area contributed by atoms with Gasteiger partial charge in [0.2, 0.25) is 0 Å². The Hall–Kier alpha value is -1.62. The Balaban J connectivity index is 0.000000980. The van der Waals surface area contributed by atoms with Gasteiger partial charge in [-0.2, -0.15) is 5.10 Å². The molecule has 0 radical (unpaired) electrons. The number of primary amides is 1. The molecule has 0 bridgehead atoms. The summed E-state index contributed by atoms with van der Waals surface area (Å²) < 4.78 is 0. The molecule has 0 aliphatic carbocycles. The number of nitrogens with one attached hydrogen (secondary N) is 1. The zero-order chi connectivity index (χ0) is 9.42. The number of rotatable bonds is 1. The first-order valence-electron chi connectivity index (χ1n) is 3.79. The summed E-state index contributed by atoms with van der Waals surface area (Å²) in [6.07, 6.45) is 1.63. The number of aromatic nitrogens is 3. The van der Waals surface area contributed by atoms with E-state index in [1.807, 2.05) is 6.92 Å². The summed E-state index contributed by atoms with van der Waals surface area (Å²) in [7, 11) is 0. The number of carbonyl (C=O) groups excluding carboxylic acids is 1. The van der Waals surface area contributed by atoms with Crippen LogP contribution in [0.25, 0.3) is 10.9 Å². The van der Waals surface area contributed by atoms with Gasteiger partial charge in [0.1, 0.15) is 0 Å². The van der Waals surface area contributed by atoms with Crippen LogP contribution in [0.3, 0.4) is 0 Å². The number of hydrogen-bond donors (Lipinski definition) is 2. The van der Waals surface area contributed by atoms with E-state index in [0.717, 1.165) is 16.6 Å². The molecule has 1 amide bonds. The minimum atomic E-state index is -0.531. The van der Waals surface area contributed by atoms with Crippen molar-refractivity contribution < 1.29 is 4.79 Å². The highest BCUT2D eigenvalue weighted by atomic mass is 35.5. The van der Waals surface area contributed by atoms with Crippen LogP contribution in [0.4, 0.5) is 0 Å². The second-order valence-corrected chi connectivity index (χ2v) is 2.81. The summed E-state index contributed by atoms with van der Waals surface area (Å²) >= 11 is 0. The van der Waals surface area contributed by atoms with Crippen molar-refractivity contribution in [1.29, 1.82) is 0 Å². The lowest BCUT2D eigenvalue weighted by Gasteiger charge is -1.92. The fourth-order valence-corrected chi connectivity index (χ4v) is 1.21. The van der Waals surface area contributed by atoms with E-state index in [9.17, 15) is 4.79 Å². The van der Waals surface area contributed by atoms with Gasteiger partial charge in [-0.05, 0) is 13.0 Å². The molecule has 0 aromatic carbocycles. The zero-order valence-corrected chi connectivity index (χ0v) is 8.26. The van der Waals surface area contributed by atoms with Gasteiger partial charge in [-0.3, -0.25) is 14.9 Å². The van der Waals surface area contributed by atoms with Gasteiger partial charge >= 0.3 is 0 Å². The van der Waals surface area contributed by atoms with Crippen LogP contribution in [0.5, 0.6) is 0 Å². The van der Waals surface area contributed by atoms with E-state index in [1.165, 1.54) is 0 Å². The van der Waals surface area contributed by atoms with Crippen LogP contribution in [0.15, 0.2) is 12.3 Å². The van der Waals surface area contributed by atoms with Crippen molar-refractivity contribution in [2.75, 3.05) is 0 Å². The normalized spacial score (nSPS) is 9.79. The Bertz CT molecular complexity index is 479. The van der Waals surface area contributed by atoms with E-state index in [-0.39, 0.29) is 18.1 Å².